The van der Waals surface area contributed by atoms with Crippen LogP contribution in [0.15, 0.2) is 67.0 Å². The van der Waals surface area contributed by atoms with Gasteiger partial charge in [-0.3, -0.25) is 14.5 Å². The van der Waals surface area contributed by atoms with Crippen molar-refractivity contribution >= 4 is 16.7 Å². The second-order valence-corrected chi connectivity index (χ2v) is 6.73. The third kappa shape index (κ3) is 3.76. The van der Waals surface area contributed by atoms with Crippen molar-refractivity contribution < 1.29 is 18.0 Å². The summed E-state index contributed by atoms with van der Waals surface area (Å²) in [5.74, 6) is -0.0694. The number of aromatic nitrogens is 3. The number of carbonyl (C=O) groups excluding carboxylic acids is 1. The number of aryl methyl sites for hydroxylation is 1. The maximum absolute atomic E-state index is 13.3. The minimum absolute atomic E-state index is 0.0694. The SMILES string of the molecule is Cn1nccc1C(=O)Cc1ccc2cc(-c3ccccc3C(F)(F)F)cnc2c1. The molecule has 0 atom stereocenters. The second kappa shape index (κ2) is 7.16. The van der Waals surface area contributed by atoms with Crippen LogP contribution in [0.5, 0.6) is 0 Å². The van der Waals surface area contributed by atoms with Crippen LogP contribution in [0.25, 0.3) is 22.0 Å². The molecule has 2 aromatic carbocycles. The van der Waals surface area contributed by atoms with Crippen LogP contribution < -0.4 is 0 Å². The number of nitrogens with zero attached hydrogens (tertiary/aromatic N) is 3. The van der Waals surface area contributed by atoms with Crippen LogP contribution in [-0.4, -0.2) is 20.5 Å². The fourth-order valence-electron chi connectivity index (χ4n) is 3.33. The molecule has 0 spiro atoms. The third-order valence-corrected chi connectivity index (χ3v) is 4.76. The Kier molecular flexibility index (Phi) is 4.66. The summed E-state index contributed by atoms with van der Waals surface area (Å²) >= 11 is 0. The van der Waals surface area contributed by atoms with Gasteiger partial charge in [-0.1, -0.05) is 30.3 Å². The number of ketones is 1. The van der Waals surface area contributed by atoms with Gasteiger partial charge in [0, 0.05) is 36.8 Å². The molecule has 0 aliphatic rings. The van der Waals surface area contributed by atoms with Crippen molar-refractivity contribution in [1.82, 2.24) is 14.8 Å². The molecule has 4 aromatic rings. The van der Waals surface area contributed by atoms with Crippen molar-refractivity contribution in [3.63, 3.8) is 0 Å². The maximum Gasteiger partial charge on any atom is 0.417 e. The summed E-state index contributed by atoms with van der Waals surface area (Å²) in [4.78, 5) is 16.7. The second-order valence-electron chi connectivity index (χ2n) is 6.73. The number of fused-ring (bicyclic) bond motifs is 1. The average molecular weight is 395 g/mol. The van der Waals surface area contributed by atoms with Crippen molar-refractivity contribution in [1.29, 1.82) is 0 Å². The highest BCUT2D eigenvalue weighted by atomic mass is 19.4. The number of pyridine rings is 1. The van der Waals surface area contributed by atoms with E-state index < -0.39 is 11.7 Å². The Morgan fingerprint density at radius 2 is 1.86 bits per heavy atom. The number of hydrogen-bond donors (Lipinski definition) is 0. The Labute approximate surface area is 164 Å². The van der Waals surface area contributed by atoms with Gasteiger partial charge in [0.15, 0.2) is 5.78 Å². The Hall–Kier alpha value is -3.48. The number of carbonyl (C=O) groups is 1. The number of benzene rings is 2. The van der Waals surface area contributed by atoms with Gasteiger partial charge in [-0.25, -0.2) is 0 Å². The Balaban J connectivity index is 1.67. The van der Waals surface area contributed by atoms with Crippen LogP contribution in [0.4, 0.5) is 13.2 Å². The topological polar surface area (TPSA) is 47.8 Å². The van der Waals surface area contributed by atoms with Gasteiger partial charge in [-0.2, -0.15) is 18.3 Å². The molecule has 4 nitrogen and oxygen atoms in total. The van der Waals surface area contributed by atoms with Gasteiger partial charge in [0.2, 0.25) is 0 Å². The zero-order valence-electron chi connectivity index (χ0n) is 15.4. The van der Waals surface area contributed by atoms with Crippen molar-refractivity contribution in [2.24, 2.45) is 7.05 Å². The summed E-state index contributed by atoms with van der Waals surface area (Å²) in [5, 5.41) is 4.70. The molecule has 0 saturated carbocycles. The molecule has 0 fully saturated rings. The predicted octanol–water partition coefficient (Wildman–Crippen LogP) is 5.08. The van der Waals surface area contributed by atoms with Crippen LogP contribution in [0, 0.1) is 0 Å². The number of Topliss-reactive ketones (excluding diaryl/α,β-unsaturated/α-hetero) is 1. The normalized spacial score (nSPS) is 11.7. The van der Waals surface area contributed by atoms with E-state index in [9.17, 15) is 18.0 Å². The molecule has 0 bridgehead atoms. The summed E-state index contributed by atoms with van der Waals surface area (Å²) in [6.45, 7) is 0. The molecule has 29 heavy (non-hydrogen) atoms. The maximum atomic E-state index is 13.3. The van der Waals surface area contributed by atoms with Gasteiger partial charge in [0.1, 0.15) is 5.69 Å². The van der Waals surface area contributed by atoms with Gasteiger partial charge < -0.3 is 0 Å². The molecule has 0 aliphatic carbocycles. The quantitative estimate of drug-likeness (QED) is 0.453. The van der Waals surface area contributed by atoms with E-state index in [1.54, 1.807) is 49.6 Å². The molecule has 0 aliphatic heterocycles. The Morgan fingerprint density at radius 3 is 2.59 bits per heavy atom. The fourth-order valence-corrected chi connectivity index (χ4v) is 3.33. The summed E-state index contributed by atoms with van der Waals surface area (Å²) in [6, 6.07) is 14.1. The fraction of sp³-hybridized carbons (Fsp3) is 0.136. The zero-order chi connectivity index (χ0) is 20.6. The lowest BCUT2D eigenvalue weighted by molar-refractivity contribution is -0.137. The zero-order valence-corrected chi connectivity index (χ0v) is 15.4. The molecule has 2 aromatic heterocycles. The first-order valence-electron chi connectivity index (χ1n) is 8.89. The van der Waals surface area contributed by atoms with Crippen molar-refractivity contribution in [3.8, 4) is 11.1 Å². The largest absolute Gasteiger partial charge is 0.417 e. The van der Waals surface area contributed by atoms with E-state index >= 15 is 0 Å². The number of halogens is 3. The van der Waals surface area contributed by atoms with E-state index in [0.717, 1.165) is 11.6 Å². The van der Waals surface area contributed by atoms with Crippen molar-refractivity contribution in [3.05, 3.63) is 83.8 Å². The summed E-state index contributed by atoms with van der Waals surface area (Å²) in [6.07, 6.45) is -1.26. The smallest absolute Gasteiger partial charge is 0.292 e. The third-order valence-electron chi connectivity index (χ3n) is 4.76. The summed E-state index contributed by atoms with van der Waals surface area (Å²) < 4.78 is 41.4. The molecule has 0 saturated heterocycles. The summed E-state index contributed by atoms with van der Waals surface area (Å²) in [7, 11) is 1.70. The minimum Gasteiger partial charge on any atom is -0.292 e. The van der Waals surface area contributed by atoms with Crippen LogP contribution >= 0.6 is 0 Å². The average Bonchev–Trinajstić information content (AvgIpc) is 3.13. The molecule has 0 radical (unpaired) electrons. The van der Waals surface area contributed by atoms with Gasteiger partial charge >= 0.3 is 6.18 Å². The summed E-state index contributed by atoms with van der Waals surface area (Å²) in [5.41, 5.74) is 1.69. The highest BCUT2D eigenvalue weighted by molar-refractivity contribution is 5.96. The molecule has 146 valence electrons. The van der Waals surface area contributed by atoms with E-state index in [4.69, 9.17) is 0 Å². The highest BCUT2D eigenvalue weighted by Crippen LogP contribution is 2.37. The van der Waals surface area contributed by atoms with Gasteiger partial charge in [-0.05, 0) is 35.4 Å². The Morgan fingerprint density at radius 1 is 1.07 bits per heavy atom. The van der Waals surface area contributed by atoms with Crippen molar-refractivity contribution in [2.45, 2.75) is 12.6 Å². The molecule has 4 rings (SSSR count). The number of hydrogen-bond acceptors (Lipinski definition) is 3. The molecule has 0 unspecified atom stereocenters. The first-order valence-corrected chi connectivity index (χ1v) is 8.89. The van der Waals surface area contributed by atoms with E-state index in [0.29, 0.717) is 22.2 Å². The van der Waals surface area contributed by atoms with Gasteiger partial charge in [0.05, 0.1) is 11.1 Å². The minimum atomic E-state index is -4.44. The highest BCUT2D eigenvalue weighted by Gasteiger charge is 2.33. The van der Waals surface area contributed by atoms with Crippen LogP contribution in [-0.2, 0) is 19.6 Å². The van der Waals surface area contributed by atoms with Crippen LogP contribution in [0.3, 0.4) is 0 Å². The lowest BCUT2D eigenvalue weighted by Crippen LogP contribution is -2.09. The Bertz CT molecular complexity index is 1210. The lowest BCUT2D eigenvalue weighted by atomic mass is 9.98. The standard InChI is InChI=1S/C22H16F3N3O/c1-28-20(8-9-27-28)21(29)11-14-6-7-15-12-16(13-26-19(15)10-14)17-4-2-3-5-18(17)22(23,24)25/h2-10,12-13H,11H2,1H3. The van der Waals surface area contributed by atoms with Crippen LogP contribution in [0.2, 0.25) is 0 Å². The number of alkyl halides is 3. The van der Waals surface area contributed by atoms with Gasteiger partial charge in [-0.15, -0.1) is 0 Å². The first kappa shape index (κ1) is 18.9. The molecular weight excluding hydrogens is 379 g/mol. The van der Waals surface area contributed by atoms with E-state index in [1.165, 1.54) is 23.0 Å². The molecule has 0 amide bonds. The van der Waals surface area contributed by atoms with Gasteiger partial charge in [0.25, 0.3) is 0 Å². The molecule has 0 N–H and O–H groups in total. The number of rotatable bonds is 4. The first-order chi connectivity index (χ1) is 13.8. The van der Waals surface area contributed by atoms with E-state index in [1.807, 2.05) is 0 Å². The van der Waals surface area contributed by atoms with Crippen molar-refractivity contribution in [2.75, 3.05) is 0 Å². The molecular formula is C22H16F3N3O. The molecule has 7 heteroatoms. The van der Waals surface area contributed by atoms with E-state index in [-0.39, 0.29) is 17.8 Å². The van der Waals surface area contributed by atoms with E-state index in [2.05, 4.69) is 10.1 Å². The molecule has 2 heterocycles. The van der Waals surface area contributed by atoms with Crippen LogP contribution in [0.1, 0.15) is 21.6 Å². The monoisotopic (exact) mass is 395 g/mol. The lowest BCUT2D eigenvalue weighted by Gasteiger charge is -2.13. The predicted molar refractivity (Wildman–Crippen MR) is 103 cm³/mol.